The summed E-state index contributed by atoms with van der Waals surface area (Å²) in [7, 11) is 1.59. The number of likely N-dealkylation sites (N-methyl/N-ethyl adjacent to an activating group) is 1. The third kappa shape index (κ3) is 8.68. The number of amides is 2. The van der Waals surface area contributed by atoms with Crippen LogP contribution in [-0.2, 0) is 21.4 Å². The molecule has 0 aliphatic rings. The van der Waals surface area contributed by atoms with E-state index < -0.39 is 35.3 Å². The predicted octanol–water partition coefficient (Wildman–Crippen LogP) is 5.47. The van der Waals surface area contributed by atoms with E-state index in [9.17, 15) is 18.4 Å². The van der Waals surface area contributed by atoms with Gasteiger partial charge in [0.2, 0.25) is 5.91 Å². The van der Waals surface area contributed by atoms with Gasteiger partial charge in [0.25, 0.3) is 0 Å². The number of nitrogens with zero attached hydrogens (tertiary/aromatic N) is 1. The van der Waals surface area contributed by atoms with Crippen molar-refractivity contribution in [1.82, 2.24) is 5.32 Å². The van der Waals surface area contributed by atoms with Crippen LogP contribution in [0.3, 0.4) is 0 Å². The molecule has 1 atom stereocenters. The molecule has 0 saturated carbocycles. The second-order valence-electron chi connectivity index (χ2n) is 9.87. The second kappa shape index (κ2) is 11.0. The van der Waals surface area contributed by atoms with Crippen molar-refractivity contribution in [2.75, 3.05) is 11.9 Å². The Labute approximate surface area is 202 Å². The number of rotatable bonds is 5. The minimum Gasteiger partial charge on any atom is -0.444 e. The summed E-state index contributed by atoms with van der Waals surface area (Å²) in [4.78, 5) is 27.0. The number of alkyl carbamates (subject to hydrolysis) is 1. The number of carbonyl (C=O) groups excluding carboxylic acids is 2. The lowest BCUT2D eigenvalue weighted by Crippen LogP contribution is -2.50. The molecule has 0 spiro atoms. The molecule has 0 unspecified atom stereocenters. The Kier molecular flexibility index (Phi) is 9.48. The van der Waals surface area contributed by atoms with E-state index in [1.165, 1.54) is 4.90 Å². The standard InChI is InChI=1S/C25H32F2N2O3.H2S/c1-24(2,3)17-8-10-20(11-9-17)29(7)22(30)21(28-23(31)32-25(4,5)6)14-16-12-18(26)15-19(27)13-16;/h8-13,15,21H,14H2,1-7H3,(H,28,31);1H2/t21-;/m0./s1. The molecule has 0 aliphatic heterocycles. The van der Waals surface area contributed by atoms with Crippen LogP contribution in [0.2, 0.25) is 0 Å². The van der Waals surface area contributed by atoms with Crippen molar-refractivity contribution in [2.45, 2.75) is 65.0 Å². The SMILES string of the molecule is CN(C(=O)[C@H](Cc1cc(F)cc(F)c1)NC(=O)OC(C)(C)C)c1ccc(C(C)(C)C)cc1.S. The van der Waals surface area contributed by atoms with Gasteiger partial charge in [-0.1, -0.05) is 32.9 Å². The molecular formula is C25H34F2N2O3S. The molecule has 0 bridgehead atoms. The average Bonchev–Trinajstić information content (AvgIpc) is 2.63. The van der Waals surface area contributed by atoms with E-state index in [0.717, 1.165) is 23.8 Å². The molecule has 0 fully saturated rings. The fourth-order valence-electron chi connectivity index (χ4n) is 3.16. The number of halogens is 2. The fraction of sp³-hybridized carbons (Fsp3) is 0.440. The molecule has 2 amide bonds. The molecule has 0 saturated heterocycles. The monoisotopic (exact) mass is 480 g/mol. The van der Waals surface area contributed by atoms with Crippen LogP contribution in [0, 0.1) is 11.6 Å². The Hall–Kier alpha value is -2.61. The normalized spacial score (nSPS) is 12.4. The molecule has 0 radical (unpaired) electrons. The zero-order valence-corrected chi connectivity index (χ0v) is 21.3. The fourth-order valence-corrected chi connectivity index (χ4v) is 3.16. The average molecular weight is 481 g/mol. The lowest BCUT2D eigenvalue weighted by atomic mass is 9.87. The van der Waals surface area contributed by atoms with E-state index in [-0.39, 0.29) is 30.9 Å². The molecule has 182 valence electrons. The summed E-state index contributed by atoms with van der Waals surface area (Å²) in [6.07, 6.45) is -0.888. The first kappa shape index (κ1) is 28.4. The minimum absolute atomic E-state index is 0. The highest BCUT2D eigenvalue weighted by Gasteiger charge is 2.28. The highest BCUT2D eigenvalue weighted by molar-refractivity contribution is 7.59. The molecule has 33 heavy (non-hydrogen) atoms. The number of nitrogens with one attached hydrogen (secondary N) is 1. The lowest BCUT2D eigenvalue weighted by Gasteiger charge is -2.27. The first-order chi connectivity index (χ1) is 14.7. The van der Waals surface area contributed by atoms with Crippen LogP contribution in [0.4, 0.5) is 19.3 Å². The quantitative estimate of drug-likeness (QED) is 0.617. The van der Waals surface area contributed by atoms with E-state index in [0.29, 0.717) is 5.69 Å². The van der Waals surface area contributed by atoms with Crippen molar-refractivity contribution in [2.24, 2.45) is 0 Å². The minimum atomic E-state index is -1.08. The van der Waals surface area contributed by atoms with Gasteiger partial charge in [-0.25, -0.2) is 13.6 Å². The van der Waals surface area contributed by atoms with Crippen molar-refractivity contribution < 1.29 is 23.1 Å². The maximum atomic E-state index is 13.7. The van der Waals surface area contributed by atoms with Gasteiger partial charge in [-0.2, -0.15) is 13.5 Å². The van der Waals surface area contributed by atoms with E-state index >= 15 is 0 Å². The third-order valence-corrected chi connectivity index (χ3v) is 4.80. The molecule has 8 heteroatoms. The van der Waals surface area contributed by atoms with E-state index in [2.05, 4.69) is 26.1 Å². The molecule has 2 rings (SSSR count). The van der Waals surface area contributed by atoms with Gasteiger partial charge in [-0.05, 0) is 61.6 Å². The number of carbonyl (C=O) groups is 2. The number of ether oxygens (including phenoxy) is 1. The van der Waals surface area contributed by atoms with Crippen molar-refractivity contribution in [3.8, 4) is 0 Å². The Morgan fingerprint density at radius 1 is 0.970 bits per heavy atom. The molecule has 2 aromatic rings. The highest BCUT2D eigenvalue weighted by Crippen LogP contribution is 2.25. The van der Waals surface area contributed by atoms with E-state index in [1.807, 2.05) is 24.3 Å². The van der Waals surface area contributed by atoms with Gasteiger partial charge in [0.1, 0.15) is 23.3 Å². The summed E-state index contributed by atoms with van der Waals surface area (Å²) in [6, 6.07) is 9.48. The first-order valence-electron chi connectivity index (χ1n) is 10.5. The van der Waals surface area contributed by atoms with Crippen LogP contribution < -0.4 is 10.2 Å². The molecular weight excluding hydrogens is 446 g/mol. The first-order valence-corrected chi connectivity index (χ1v) is 10.5. The van der Waals surface area contributed by atoms with Gasteiger partial charge >= 0.3 is 6.09 Å². The summed E-state index contributed by atoms with van der Waals surface area (Å²) in [6.45, 7) is 11.4. The molecule has 0 aromatic heterocycles. The van der Waals surface area contributed by atoms with Crippen molar-refractivity contribution in [3.05, 3.63) is 65.2 Å². The third-order valence-electron chi connectivity index (χ3n) is 4.80. The number of hydrogen-bond donors (Lipinski definition) is 1. The predicted molar refractivity (Wildman–Crippen MR) is 132 cm³/mol. The van der Waals surface area contributed by atoms with Gasteiger partial charge in [0.05, 0.1) is 0 Å². The van der Waals surface area contributed by atoms with E-state index in [4.69, 9.17) is 4.74 Å². The lowest BCUT2D eigenvalue weighted by molar-refractivity contribution is -0.120. The second-order valence-corrected chi connectivity index (χ2v) is 9.87. The van der Waals surface area contributed by atoms with Gasteiger partial charge < -0.3 is 15.0 Å². The summed E-state index contributed by atoms with van der Waals surface area (Å²) in [5.41, 5.74) is 1.18. The van der Waals surface area contributed by atoms with E-state index in [1.54, 1.807) is 27.8 Å². The Bertz CT molecular complexity index is 947. The summed E-state index contributed by atoms with van der Waals surface area (Å²) in [5, 5.41) is 2.55. The smallest absolute Gasteiger partial charge is 0.408 e. The van der Waals surface area contributed by atoms with Crippen molar-refractivity contribution in [1.29, 1.82) is 0 Å². The highest BCUT2D eigenvalue weighted by atomic mass is 32.1. The van der Waals surface area contributed by atoms with Gasteiger partial charge in [-0.3, -0.25) is 4.79 Å². The Balaban J connectivity index is 0.00000544. The zero-order valence-electron chi connectivity index (χ0n) is 20.3. The largest absolute Gasteiger partial charge is 0.444 e. The number of hydrogen-bond acceptors (Lipinski definition) is 3. The molecule has 0 aliphatic carbocycles. The van der Waals surface area contributed by atoms with Crippen LogP contribution in [0.1, 0.15) is 52.7 Å². The topological polar surface area (TPSA) is 58.6 Å². The van der Waals surface area contributed by atoms with Crippen LogP contribution in [-0.4, -0.2) is 30.7 Å². The zero-order chi connectivity index (χ0) is 24.3. The van der Waals surface area contributed by atoms with Crippen LogP contribution >= 0.6 is 13.5 Å². The Morgan fingerprint density at radius 3 is 1.94 bits per heavy atom. The molecule has 1 N–H and O–H groups in total. The summed E-state index contributed by atoms with van der Waals surface area (Å²) in [5.74, 6) is -1.95. The number of anilines is 1. The maximum Gasteiger partial charge on any atom is 0.408 e. The maximum absolute atomic E-state index is 13.7. The van der Waals surface area contributed by atoms with Gasteiger partial charge in [0, 0.05) is 25.2 Å². The van der Waals surface area contributed by atoms with Crippen LogP contribution in [0.25, 0.3) is 0 Å². The summed E-state index contributed by atoms with van der Waals surface area (Å²) >= 11 is 0. The molecule has 5 nitrogen and oxygen atoms in total. The van der Waals surface area contributed by atoms with Crippen molar-refractivity contribution in [3.63, 3.8) is 0 Å². The summed E-state index contributed by atoms with van der Waals surface area (Å²) < 4.78 is 32.6. The molecule has 2 aromatic carbocycles. The van der Waals surface area contributed by atoms with Crippen LogP contribution in [0.5, 0.6) is 0 Å². The Morgan fingerprint density at radius 2 is 1.48 bits per heavy atom. The number of benzene rings is 2. The van der Waals surface area contributed by atoms with Crippen molar-refractivity contribution >= 4 is 31.2 Å². The van der Waals surface area contributed by atoms with Gasteiger partial charge in [-0.15, -0.1) is 0 Å². The van der Waals surface area contributed by atoms with Crippen LogP contribution in [0.15, 0.2) is 42.5 Å². The van der Waals surface area contributed by atoms with Gasteiger partial charge in [0.15, 0.2) is 0 Å². The molecule has 0 heterocycles.